The maximum atomic E-state index is 13.6. The van der Waals surface area contributed by atoms with E-state index in [1.54, 1.807) is 0 Å². The quantitative estimate of drug-likeness (QED) is 0.695. The maximum Gasteiger partial charge on any atom is 0.271 e. The minimum absolute atomic E-state index is 0.155. The fourth-order valence-corrected chi connectivity index (χ4v) is 1.79. The molecule has 7 heteroatoms. The van der Waals surface area contributed by atoms with E-state index in [-0.39, 0.29) is 16.9 Å². The van der Waals surface area contributed by atoms with Gasteiger partial charge in [-0.2, -0.15) is 0 Å². The highest BCUT2D eigenvalue weighted by Crippen LogP contribution is 2.22. The Morgan fingerprint density at radius 1 is 1.19 bits per heavy atom. The van der Waals surface area contributed by atoms with Gasteiger partial charge in [-0.25, -0.2) is 8.78 Å². The van der Waals surface area contributed by atoms with E-state index in [0.29, 0.717) is 5.56 Å². The van der Waals surface area contributed by atoms with Crippen LogP contribution in [0.3, 0.4) is 0 Å². The van der Waals surface area contributed by atoms with Gasteiger partial charge in [0.15, 0.2) is 0 Å². The average molecular weight is 292 g/mol. The van der Waals surface area contributed by atoms with Crippen LogP contribution in [0.1, 0.15) is 15.9 Å². The molecule has 1 amide bonds. The Labute approximate surface area is 118 Å². The monoisotopic (exact) mass is 292 g/mol. The molecule has 5 nitrogen and oxygen atoms in total. The number of carbonyl (C=O) groups excluding carboxylic acids is 1. The zero-order valence-corrected chi connectivity index (χ0v) is 10.9. The van der Waals surface area contributed by atoms with Gasteiger partial charge in [0, 0.05) is 17.7 Å². The highest BCUT2D eigenvalue weighted by atomic mass is 19.1. The lowest BCUT2D eigenvalue weighted by molar-refractivity contribution is -0.384. The van der Waals surface area contributed by atoms with Crippen molar-refractivity contribution in [3.05, 3.63) is 69.3 Å². The van der Waals surface area contributed by atoms with Crippen LogP contribution in [0.5, 0.6) is 0 Å². The number of hydrogen-bond acceptors (Lipinski definition) is 3. The number of hydrogen-bond donors (Lipinski definition) is 1. The van der Waals surface area contributed by atoms with Crippen LogP contribution < -0.4 is 5.32 Å². The number of aryl methyl sites for hydroxylation is 1. The summed E-state index contributed by atoms with van der Waals surface area (Å²) in [7, 11) is 0. The zero-order chi connectivity index (χ0) is 15.6. The normalized spacial score (nSPS) is 10.2. The highest BCUT2D eigenvalue weighted by Gasteiger charge is 2.15. The van der Waals surface area contributed by atoms with Crippen LogP contribution in [-0.2, 0) is 0 Å². The van der Waals surface area contributed by atoms with Crippen LogP contribution in [0, 0.1) is 28.7 Å². The molecule has 1 N–H and O–H groups in total. The summed E-state index contributed by atoms with van der Waals surface area (Å²) < 4.78 is 26.6. The molecular weight excluding hydrogens is 282 g/mol. The molecule has 0 heterocycles. The topological polar surface area (TPSA) is 72.2 Å². The number of nitro benzene ring substituents is 1. The number of carbonyl (C=O) groups is 1. The zero-order valence-electron chi connectivity index (χ0n) is 10.9. The number of nitro groups is 1. The molecule has 0 unspecified atom stereocenters. The molecular formula is C14H10F2N2O3. The number of nitrogens with zero attached hydrogens (tertiary/aromatic N) is 1. The Balaban J connectivity index is 2.31. The van der Waals surface area contributed by atoms with E-state index < -0.39 is 22.5 Å². The third-order valence-electron chi connectivity index (χ3n) is 2.84. The smallest absolute Gasteiger partial charge is 0.271 e. The molecule has 0 spiro atoms. The second-order valence-corrected chi connectivity index (χ2v) is 4.33. The van der Waals surface area contributed by atoms with Gasteiger partial charge >= 0.3 is 0 Å². The standard InChI is InChI=1S/C14H10F2N2O3/c1-8-6-9(15)2-4-11(8)14(19)17-13-7-10(18(20)21)3-5-12(13)16/h2-7H,1H3,(H,17,19). The molecule has 0 saturated carbocycles. The van der Waals surface area contributed by atoms with Crippen molar-refractivity contribution in [1.82, 2.24) is 0 Å². The molecule has 0 fully saturated rings. The lowest BCUT2D eigenvalue weighted by atomic mass is 10.1. The Kier molecular flexibility index (Phi) is 3.93. The number of anilines is 1. The Hall–Kier alpha value is -2.83. The Morgan fingerprint density at radius 2 is 1.90 bits per heavy atom. The van der Waals surface area contributed by atoms with Gasteiger partial charge in [-0.1, -0.05) is 0 Å². The van der Waals surface area contributed by atoms with Gasteiger partial charge in [0.25, 0.3) is 11.6 Å². The second-order valence-electron chi connectivity index (χ2n) is 4.33. The number of halogens is 2. The molecule has 0 aliphatic rings. The summed E-state index contributed by atoms with van der Waals surface area (Å²) in [5, 5.41) is 12.9. The van der Waals surface area contributed by atoms with Gasteiger partial charge in [0.2, 0.25) is 0 Å². The molecule has 2 aromatic rings. The fraction of sp³-hybridized carbons (Fsp3) is 0.0714. The van der Waals surface area contributed by atoms with E-state index in [1.807, 2.05) is 0 Å². The second kappa shape index (κ2) is 5.66. The van der Waals surface area contributed by atoms with Crippen molar-refractivity contribution >= 4 is 17.3 Å². The van der Waals surface area contributed by atoms with Gasteiger partial charge in [-0.3, -0.25) is 14.9 Å². The van der Waals surface area contributed by atoms with Crippen molar-refractivity contribution < 1.29 is 18.5 Å². The molecule has 108 valence electrons. The van der Waals surface area contributed by atoms with Crippen LogP contribution in [0.25, 0.3) is 0 Å². The average Bonchev–Trinajstić information content (AvgIpc) is 2.40. The van der Waals surface area contributed by atoms with Crippen LogP contribution in [0.4, 0.5) is 20.2 Å². The van der Waals surface area contributed by atoms with Crippen molar-refractivity contribution in [1.29, 1.82) is 0 Å². The minimum Gasteiger partial charge on any atom is -0.319 e. The molecule has 0 bridgehead atoms. The molecule has 0 aromatic heterocycles. The van der Waals surface area contributed by atoms with E-state index in [0.717, 1.165) is 24.3 Å². The maximum absolute atomic E-state index is 13.6. The summed E-state index contributed by atoms with van der Waals surface area (Å²) in [5.41, 5.74) is -0.124. The summed E-state index contributed by atoms with van der Waals surface area (Å²) in [4.78, 5) is 22.0. The number of non-ortho nitro benzene ring substituents is 1. The summed E-state index contributed by atoms with van der Waals surface area (Å²) >= 11 is 0. The Morgan fingerprint density at radius 3 is 2.52 bits per heavy atom. The molecule has 0 radical (unpaired) electrons. The number of nitrogens with one attached hydrogen (secondary N) is 1. The lowest BCUT2D eigenvalue weighted by Gasteiger charge is -2.08. The van der Waals surface area contributed by atoms with Crippen molar-refractivity contribution in [2.24, 2.45) is 0 Å². The number of amides is 1. The van der Waals surface area contributed by atoms with Gasteiger partial charge in [0.1, 0.15) is 11.6 Å². The molecule has 0 saturated heterocycles. The van der Waals surface area contributed by atoms with E-state index >= 15 is 0 Å². The Bertz CT molecular complexity index is 732. The summed E-state index contributed by atoms with van der Waals surface area (Å²) in [6.45, 7) is 1.53. The lowest BCUT2D eigenvalue weighted by Crippen LogP contribution is -2.14. The van der Waals surface area contributed by atoms with Gasteiger partial charge < -0.3 is 5.32 Å². The first kappa shape index (κ1) is 14.6. The third kappa shape index (κ3) is 3.19. The van der Waals surface area contributed by atoms with Gasteiger partial charge in [-0.05, 0) is 36.8 Å². The predicted molar refractivity (Wildman–Crippen MR) is 72.1 cm³/mol. The largest absolute Gasteiger partial charge is 0.319 e. The molecule has 0 aliphatic carbocycles. The molecule has 0 aliphatic heterocycles. The molecule has 2 aromatic carbocycles. The number of benzene rings is 2. The van der Waals surface area contributed by atoms with Crippen molar-refractivity contribution in [2.75, 3.05) is 5.32 Å². The first-order chi connectivity index (χ1) is 9.88. The van der Waals surface area contributed by atoms with Crippen LogP contribution in [0.2, 0.25) is 0 Å². The fourth-order valence-electron chi connectivity index (χ4n) is 1.79. The molecule has 2 rings (SSSR count). The van der Waals surface area contributed by atoms with Crippen LogP contribution >= 0.6 is 0 Å². The van der Waals surface area contributed by atoms with Gasteiger partial charge in [0.05, 0.1) is 10.6 Å². The molecule has 21 heavy (non-hydrogen) atoms. The molecule has 0 atom stereocenters. The van der Waals surface area contributed by atoms with E-state index in [4.69, 9.17) is 0 Å². The van der Waals surface area contributed by atoms with Crippen molar-refractivity contribution in [2.45, 2.75) is 6.92 Å². The van der Waals surface area contributed by atoms with Crippen LogP contribution in [0.15, 0.2) is 36.4 Å². The van der Waals surface area contributed by atoms with Crippen molar-refractivity contribution in [3.63, 3.8) is 0 Å². The predicted octanol–water partition coefficient (Wildman–Crippen LogP) is 3.43. The minimum atomic E-state index is -0.797. The summed E-state index contributed by atoms with van der Waals surface area (Å²) in [6.07, 6.45) is 0. The van der Waals surface area contributed by atoms with Gasteiger partial charge in [-0.15, -0.1) is 0 Å². The first-order valence-electron chi connectivity index (χ1n) is 5.90. The summed E-state index contributed by atoms with van der Waals surface area (Å²) in [6, 6.07) is 6.34. The van der Waals surface area contributed by atoms with Crippen molar-refractivity contribution in [3.8, 4) is 0 Å². The van der Waals surface area contributed by atoms with E-state index in [2.05, 4.69) is 5.32 Å². The SMILES string of the molecule is Cc1cc(F)ccc1C(=O)Nc1cc([N+](=O)[O-])ccc1F. The number of rotatable bonds is 3. The first-order valence-corrected chi connectivity index (χ1v) is 5.90. The third-order valence-corrected chi connectivity index (χ3v) is 2.84. The van der Waals surface area contributed by atoms with E-state index in [1.165, 1.54) is 19.1 Å². The van der Waals surface area contributed by atoms with E-state index in [9.17, 15) is 23.7 Å². The summed E-state index contributed by atoms with van der Waals surface area (Å²) in [5.74, 6) is -1.97. The van der Waals surface area contributed by atoms with Crippen LogP contribution in [-0.4, -0.2) is 10.8 Å². The highest BCUT2D eigenvalue weighted by molar-refractivity contribution is 6.05.